The van der Waals surface area contributed by atoms with Crippen LogP contribution in [0, 0.1) is 6.92 Å². The summed E-state index contributed by atoms with van der Waals surface area (Å²) in [5.74, 6) is 1.27. The lowest BCUT2D eigenvalue weighted by Crippen LogP contribution is -2.13. The van der Waals surface area contributed by atoms with E-state index in [1.807, 2.05) is 38.1 Å². The molecule has 0 radical (unpaired) electrons. The van der Waals surface area contributed by atoms with Crippen LogP contribution in [0.5, 0.6) is 0 Å². The second-order valence-corrected chi connectivity index (χ2v) is 7.99. The van der Waals surface area contributed by atoms with E-state index < -0.39 is 0 Å². The maximum Gasteiger partial charge on any atom is 0.239 e. The lowest BCUT2D eigenvalue weighted by molar-refractivity contribution is 0.364. The second-order valence-electron chi connectivity index (χ2n) is 6.68. The number of benzene rings is 1. The Morgan fingerprint density at radius 3 is 2.71 bits per heavy atom. The summed E-state index contributed by atoms with van der Waals surface area (Å²) in [4.78, 5) is 4.50. The van der Waals surface area contributed by atoms with E-state index in [1.165, 1.54) is 11.8 Å². The van der Waals surface area contributed by atoms with Gasteiger partial charge in [0.25, 0.3) is 0 Å². The van der Waals surface area contributed by atoms with Gasteiger partial charge in [0.15, 0.2) is 5.82 Å². The molecule has 0 N–H and O–H groups in total. The van der Waals surface area contributed by atoms with Gasteiger partial charge in [0.1, 0.15) is 0 Å². The predicted octanol–water partition coefficient (Wildman–Crippen LogP) is 3.50. The molecule has 7 nitrogen and oxygen atoms in total. The van der Waals surface area contributed by atoms with Gasteiger partial charge in [0.05, 0.1) is 10.9 Å². The van der Waals surface area contributed by atoms with Crippen LogP contribution in [0.3, 0.4) is 0 Å². The van der Waals surface area contributed by atoms with Crippen molar-refractivity contribution in [1.29, 1.82) is 0 Å². The first-order chi connectivity index (χ1) is 11.3. The summed E-state index contributed by atoms with van der Waals surface area (Å²) in [5.41, 5.74) is 1.93. The van der Waals surface area contributed by atoms with Crippen LogP contribution in [-0.4, -0.2) is 30.3 Å². The summed E-state index contributed by atoms with van der Waals surface area (Å²) in [7, 11) is 0. The largest absolute Gasteiger partial charge is 0.338 e. The molecule has 0 aliphatic heterocycles. The minimum atomic E-state index is -0.144. The van der Waals surface area contributed by atoms with Gasteiger partial charge in [-0.15, -0.1) is 5.10 Å². The van der Waals surface area contributed by atoms with Gasteiger partial charge in [-0.2, -0.15) is 9.67 Å². The molecular formula is C16H20N6OS. The molecule has 2 aromatic heterocycles. The molecule has 24 heavy (non-hydrogen) atoms. The van der Waals surface area contributed by atoms with E-state index >= 15 is 0 Å². The van der Waals surface area contributed by atoms with E-state index in [9.17, 15) is 0 Å². The van der Waals surface area contributed by atoms with Crippen molar-refractivity contribution < 1.29 is 4.52 Å². The predicted molar refractivity (Wildman–Crippen MR) is 91.2 cm³/mol. The Kier molecular flexibility index (Phi) is 4.40. The van der Waals surface area contributed by atoms with E-state index in [0.717, 1.165) is 11.3 Å². The molecule has 0 aliphatic carbocycles. The minimum absolute atomic E-state index is 0.0526. The van der Waals surface area contributed by atoms with Crippen LogP contribution in [0.1, 0.15) is 50.2 Å². The quantitative estimate of drug-likeness (QED) is 0.670. The number of hydrogen-bond donors (Lipinski definition) is 0. The lowest BCUT2D eigenvalue weighted by atomic mass is 9.96. The standard InChI is InChI=1S/C16H20N6OS/c1-10-7-6-8-12(9-10)22-15(18-20-21-22)24-11(2)13-17-14(19-23-13)16(3,4)5/h6-9,11H,1-5H3. The number of aromatic nitrogens is 6. The van der Waals surface area contributed by atoms with E-state index in [-0.39, 0.29) is 10.7 Å². The number of tetrazole rings is 1. The fourth-order valence-corrected chi connectivity index (χ4v) is 2.93. The molecule has 126 valence electrons. The van der Waals surface area contributed by atoms with Gasteiger partial charge in [-0.3, -0.25) is 0 Å². The highest BCUT2D eigenvalue weighted by Crippen LogP contribution is 2.34. The molecule has 0 spiro atoms. The molecule has 0 fully saturated rings. The summed E-state index contributed by atoms with van der Waals surface area (Å²) < 4.78 is 7.12. The Labute approximate surface area is 144 Å². The number of thioether (sulfide) groups is 1. The molecule has 1 unspecified atom stereocenters. The summed E-state index contributed by atoms with van der Waals surface area (Å²) in [6.07, 6.45) is 0. The van der Waals surface area contributed by atoms with Crippen LogP contribution >= 0.6 is 11.8 Å². The minimum Gasteiger partial charge on any atom is -0.338 e. The van der Waals surface area contributed by atoms with Gasteiger partial charge in [0, 0.05) is 5.41 Å². The molecule has 0 bridgehead atoms. The molecule has 3 aromatic rings. The number of nitrogens with zero attached hydrogens (tertiary/aromatic N) is 6. The highest BCUT2D eigenvalue weighted by atomic mass is 32.2. The third-order valence-corrected chi connectivity index (χ3v) is 4.45. The fraction of sp³-hybridized carbons (Fsp3) is 0.438. The molecule has 1 aromatic carbocycles. The van der Waals surface area contributed by atoms with Crippen molar-refractivity contribution in [3.05, 3.63) is 41.5 Å². The van der Waals surface area contributed by atoms with E-state index in [2.05, 4.69) is 46.4 Å². The number of hydrogen-bond acceptors (Lipinski definition) is 7. The van der Waals surface area contributed by atoms with Gasteiger partial charge >= 0.3 is 0 Å². The smallest absolute Gasteiger partial charge is 0.239 e. The van der Waals surface area contributed by atoms with E-state index in [1.54, 1.807) is 4.68 Å². The van der Waals surface area contributed by atoms with Crippen molar-refractivity contribution in [2.45, 2.75) is 50.4 Å². The third kappa shape index (κ3) is 3.48. The molecule has 0 saturated heterocycles. The van der Waals surface area contributed by atoms with Gasteiger partial charge in [-0.1, -0.05) is 49.8 Å². The van der Waals surface area contributed by atoms with Crippen LogP contribution < -0.4 is 0 Å². The molecule has 0 amide bonds. The van der Waals surface area contributed by atoms with Crippen LogP contribution in [0.2, 0.25) is 0 Å². The van der Waals surface area contributed by atoms with Crippen LogP contribution in [0.4, 0.5) is 0 Å². The van der Waals surface area contributed by atoms with Gasteiger partial charge in [-0.25, -0.2) is 0 Å². The van der Waals surface area contributed by atoms with Crippen molar-refractivity contribution >= 4 is 11.8 Å². The van der Waals surface area contributed by atoms with Crippen LogP contribution in [0.15, 0.2) is 33.9 Å². The first kappa shape index (κ1) is 16.6. The summed E-state index contributed by atoms with van der Waals surface area (Å²) >= 11 is 1.49. The Morgan fingerprint density at radius 1 is 1.25 bits per heavy atom. The average Bonchev–Trinajstić information content (AvgIpc) is 3.15. The topological polar surface area (TPSA) is 82.5 Å². The zero-order chi connectivity index (χ0) is 17.3. The monoisotopic (exact) mass is 344 g/mol. The van der Waals surface area contributed by atoms with Crippen molar-refractivity contribution in [2.75, 3.05) is 0 Å². The molecule has 0 saturated carbocycles. The van der Waals surface area contributed by atoms with Crippen LogP contribution in [-0.2, 0) is 5.41 Å². The maximum atomic E-state index is 5.41. The zero-order valence-electron chi connectivity index (χ0n) is 14.4. The van der Waals surface area contributed by atoms with Crippen molar-refractivity contribution in [3.8, 4) is 5.69 Å². The van der Waals surface area contributed by atoms with E-state index in [0.29, 0.717) is 16.9 Å². The first-order valence-electron chi connectivity index (χ1n) is 7.71. The average molecular weight is 344 g/mol. The number of aryl methyl sites for hydroxylation is 1. The molecule has 1 atom stereocenters. The summed E-state index contributed by atoms with van der Waals surface area (Å²) in [5, 5.41) is 16.7. The maximum absolute atomic E-state index is 5.41. The van der Waals surface area contributed by atoms with Crippen molar-refractivity contribution in [3.63, 3.8) is 0 Å². The van der Waals surface area contributed by atoms with Gasteiger partial charge in [0.2, 0.25) is 11.0 Å². The van der Waals surface area contributed by atoms with E-state index in [4.69, 9.17) is 4.52 Å². The Bertz CT molecular complexity index is 835. The third-order valence-electron chi connectivity index (χ3n) is 3.43. The SMILES string of the molecule is Cc1cccc(-n2nnnc2SC(C)c2nc(C(C)(C)C)no2)c1. The Hall–Kier alpha value is -2.22. The first-order valence-corrected chi connectivity index (χ1v) is 8.59. The van der Waals surface area contributed by atoms with Crippen LogP contribution in [0.25, 0.3) is 5.69 Å². The van der Waals surface area contributed by atoms with Gasteiger partial charge in [-0.05, 0) is 42.0 Å². The number of rotatable bonds is 4. The second kappa shape index (κ2) is 6.35. The Morgan fingerprint density at radius 2 is 2.04 bits per heavy atom. The summed E-state index contributed by atoms with van der Waals surface area (Å²) in [6.45, 7) is 10.2. The fourth-order valence-electron chi connectivity index (χ4n) is 2.09. The molecule has 3 rings (SSSR count). The molecular weight excluding hydrogens is 324 g/mol. The molecule has 0 aliphatic rings. The molecule has 8 heteroatoms. The Balaban J connectivity index is 1.82. The highest BCUT2D eigenvalue weighted by molar-refractivity contribution is 7.99. The lowest BCUT2D eigenvalue weighted by Gasteiger charge is -2.11. The molecule has 2 heterocycles. The van der Waals surface area contributed by atoms with Crippen molar-refractivity contribution in [1.82, 2.24) is 30.3 Å². The van der Waals surface area contributed by atoms with Gasteiger partial charge < -0.3 is 4.52 Å². The highest BCUT2D eigenvalue weighted by Gasteiger charge is 2.24. The zero-order valence-corrected chi connectivity index (χ0v) is 15.2. The normalized spacial score (nSPS) is 13.2. The van der Waals surface area contributed by atoms with Crippen molar-refractivity contribution in [2.24, 2.45) is 0 Å². The summed E-state index contributed by atoms with van der Waals surface area (Å²) in [6, 6.07) is 8.03.